The predicted octanol–water partition coefficient (Wildman–Crippen LogP) is 1.41. The second-order valence-electron chi connectivity index (χ2n) is 6.26. The van der Waals surface area contributed by atoms with Crippen LogP contribution >= 0.6 is 0 Å². The molecule has 0 bridgehead atoms. The number of halogens is 1. The van der Waals surface area contributed by atoms with Crippen LogP contribution in [0, 0.1) is 15.9 Å². The number of carbonyl (C=O) groups is 4. The van der Waals surface area contributed by atoms with Gasteiger partial charge in [-0.05, 0) is 25.0 Å². The molecule has 27 heavy (non-hydrogen) atoms. The summed E-state index contributed by atoms with van der Waals surface area (Å²) in [6.07, 6.45) is 2.92. The molecule has 1 N–H and O–H groups in total. The highest BCUT2D eigenvalue weighted by atomic mass is 19.1. The van der Waals surface area contributed by atoms with Gasteiger partial charge in [0.1, 0.15) is 6.54 Å². The first-order chi connectivity index (χ1) is 12.8. The minimum atomic E-state index is -1.09. The van der Waals surface area contributed by atoms with Crippen LogP contribution < -0.4 is 5.32 Å². The van der Waals surface area contributed by atoms with Gasteiger partial charge in [-0.15, -0.1) is 0 Å². The van der Waals surface area contributed by atoms with Crippen LogP contribution in [0.3, 0.4) is 0 Å². The Bertz CT molecular complexity index is 851. The summed E-state index contributed by atoms with van der Waals surface area (Å²) in [6.45, 7) is -0.724. The van der Waals surface area contributed by atoms with Crippen molar-refractivity contribution in [2.45, 2.75) is 31.7 Å². The van der Waals surface area contributed by atoms with Gasteiger partial charge in [-0.1, -0.05) is 12.8 Å². The third kappa shape index (κ3) is 3.48. The number of anilines is 1. The van der Waals surface area contributed by atoms with Crippen LogP contribution in [0.25, 0.3) is 0 Å². The Kier molecular flexibility index (Phi) is 4.84. The number of hydrogen-bond acceptors (Lipinski definition) is 6. The molecule has 1 saturated heterocycles. The van der Waals surface area contributed by atoms with Crippen LogP contribution in [-0.4, -0.2) is 51.1 Å². The predicted molar refractivity (Wildman–Crippen MR) is 87.9 cm³/mol. The van der Waals surface area contributed by atoms with Gasteiger partial charge in [-0.3, -0.25) is 29.4 Å². The van der Waals surface area contributed by atoms with Gasteiger partial charge in [0.15, 0.2) is 0 Å². The normalized spacial score (nSPS) is 17.7. The van der Waals surface area contributed by atoms with Crippen molar-refractivity contribution in [1.29, 1.82) is 0 Å². The fourth-order valence-corrected chi connectivity index (χ4v) is 3.22. The van der Waals surface area contributed by atoms with Crippen molar-refractivity contribution in [3.8, 4) is 0 Å². The molecule has 1 aliphatic carbocycles. The molecule has 1 aromatic rings. The molecule has 0 atom stereocenters. The van der Waals surface area contributed by atoms with Crippen LogP contribution in [0.1, 0.15) is 25.7 Å². The summed E-state index contributed by atoms with van der Waals surface area (Å²) in [5.41, 5.74) is -0.908. The van der Waals surface area contributed by atoms with Crippen molar-refractivity contribution < 1.29 is 28.5 Å². The van der Waals surface area contributed by atoms with E-state index in [0.717, 1.165) is 35.9 Å². The van der Waals surface area contributed by atoms with E-state index in [0.29, 0.717) is 17.7 Å². The number of amides is 5. The number of carbonyl (C=O) groups excluding carboxylic acids is 4. The molecule has 0 unspecified atom stereocenters. The number of imide groups is 2. The van der Waals surface area contributed by atoms with Crippen LogP contribution in [-0.2, 0) is 14.4 Å². The van der Waals surface area contributed by atoms with Crippen molar-refractivity contribution in [1.82, 2.24) is 9.80 Å². The van der Waals surface area contributed by atoms with E-state index in [1.165, 1.54) is 0 Å². The number of nitrogens with one attached hydrogen (secondary N) is 1. The summed E-state index contributed by atoms with van der Waals surface area (Å²) >= 11 is 0. The SMILES string of the molecule is O=C(CN1C(=O)C(=O)N(C2CCCC2)C1=O)Nc1ccc(F)c([N+](=O)[O-])c1. The molecule has 0 spiro atoms. The molecule has 1 heterocycles. The molecule has 0 radical (unpaired) electrons. The van der Waals surface area contributed by atoms with Gasteiger partial charge in [-0.2, -0.15) is 4.39 Å². The molecule has 10 nitrogen and oxygen atoms in total. The van der Waals surface area contributed by atoms with Crippen molar-refractivity contribution in [2.75, 3.05) is 11.9 Å². The lowest BCUT2D eigenvalue weighted by Gasteiger charge is -2.20. The highest BCUT2D eigenvalue weighted by Crippen LogP contribution is 2.28. The summed E-state index contributed by atoms with van der Waals surface area (Å²) in [7, 11) is 0. The van der Waals surface area contributed by atoms with Gasteiger partial charge in [0.05, 0.1) is 4.92 Å². The fraction of sp³-hybridized carbons (Fsp3) is 0.375. The molecule has 5 amide bonds. The van der Waals surface area contributed by atoms with Gasteiger partial charge in [-0.25, -0.2) is 9.69 Å². The molecule has 11 heteroatoms. The molecule has 2 fully saturated rings. The Morgan fingerprint density at radius 3 is 2.52 bits per heavy atom. The molecular formula is C16H15FN4O6. The maximum absolute atomic E-state index is 13.3. The quantitative estimate of drug-likeness (QED) is 0.357. The van der Waals surface area contributed by atoms with E-state index in [2.05, 4.69) is 5.32 Å². The zero-order valence-corrected chi connectivity index (χ0v) is 14.0. The number of hydrogen-bond donors (Lipinski definition) is 1. The maximum Gasteiger partial charge on any atom is 0.334 e. The number of nitro groups is 1. The van der Waals surface area contributed by atoms with E-state index >= 15 is 0 Å². The molecule has 3 rings (SSSR count). The first-order valence-electron chi connectivity index (χ1n) is 8.22. The summed E-state index contributed by atoms with van der Waals surface area (Å²) in [4.78, 5) is 59.8. The average molecular weight is 378 g/mol. The third-order valence-electron chi connectivity index (χ3n) is 4.50. The summed E-state index contributed by atoms with van der Waals surface area (Å²) < 4.78 is 13.3. The topological polar surface area (TPSA) is 130 Å². The van der Waals surface area contributed by atoms with E-state index < -0.39 is 46.7 Å². The molecule has 1 aliphatic heterocycles. The summed E-state index contributed by atoms with van der Waals surface area (Å²) in [5.74, 6) is -3.97. The van der Waals surface area contributed by atoms with E-state index in [-0.39, 0.29) is 11.7 Å². The number of rotatable bonds is 5. The number of benzene rings is 1. The van der Waals surface area contributed by atoms with Crippen molar-refractivity contribution in [2.24, 2.45) is 0 Å². The van der Waals surface area contributed by atoms with Gasteiger partial charge in [0, 0.05) is 17.8 Å². The average Bonchev–Trinajstić information content (AvgIpc) is 3.20. The second-order valence-corrected chi connectivity index (χ2v) is 6.26. The van der Waals surface area contributed by atoms with Gasteiger partial charge < -0.3 is 5.32 Å². The Labute approximate surface area is 152 Å². The molecular weight excluding hydrogens is 363 g/mol. The van der Waals surface area contributed by atoms with E-state index in [1.807, 2.05) is 0 Å². The van der Waals surface area contributed by atoms with Crippen LogP contribution in [0.2, 0.25) is 0 Å². The van der Waals surface area contributed by atoms with Gasteiger partial charge in [0.25, 0.3) is 0 Å². The van der Waals surface area contributed by atoms with Gasteiger partial charge >= 0.3 is 23.5 Å². The van der Waals surface area contributed by atoms with Crippen LogP contribution in [0.5, 0.6) is 0 Å². The molecule has 1 saturated carbocycles. The highest BCUT2D eigenvalue weighted by Gasteiger charge is 2.48. The van der Waals surface area contributed by atoms with E-state index in [4.69, 9.17) is 0 Å². The third-order valence-corrected chi connectivity index (χ3v) is 4.50. The Morgan fingerprint density at radius 1 is 1.22 bits per heavy atom. The van der Waals surface area contributed by atoms with Gasteiger partial charge in [0.2, 0.25) is 11.7 Å². The minimum absolute atomic E-state index is 0.0776. The van der Waals surface area contributed by atoms with Crippen molar-refractivity contribution in [3.63, 3.8) is 0 Å². The lowest BCUT2D eigenvalue weighted by molar-refractivity contribution is -0.387. The number of urea groups is 1. The number of nitro benzene ring substituents is 1. The summed E-state index contributed by atoms with van der Waals surface area (Å²) in [5, 5.41) is 13.0. The maximum atomic E-state index is 13.3. The minimum Gasteiger partial charge on any atom is -0.324 e. The molecule has 1 aromatic carbocycles. The molecule has 0 aromatic heterocycles. The van der Waals surface area contributed by atoms with Crippen molar-refractivity contribution in [3.05, 3.63) is 34.1 Å². The first kappa shape index (κ1) is 18.4. The van der Waals surface area contributed by atoms with Crippen LogP contribution in [0.15, 0.2) is 18.2 Å². The van der Waals surface area contributed by atoms with E-state index in [9.17, 15) is 33.7 Å². The summed E-state index contributed by atoms with van der Waals surface area (Å²) in [6, 6.07) is 1.53. The number of nitrogens with zero attached hydrogens (tertiary/aromatic N) is 3. The lowest BCUT2D eigenvalue weighted by Crippen LogP contribution is -2.41. The zero-order chi connectivity index (χ0) is 19.7. The van der Waals surface area contributed by atoms with Crippen LogP contribution in [0.4, 0.5) is 20.6 Å². The highest BCUT2D eigenvalue weighted by molar-refractivity contribution is 6.45. The first-order valence-corrected chi connectivity index (χ1v) is 8.22. The molecule has 2 aliphatic rings. The van der Waals surface area contributed by atoms with E-state index in [1.54, 1.807) is 0 Å². The Balaban J connectivity index is 1.70. The second kappa shape index (κ2) is 7.09. The Morgan fingerprint density at radius 2 is 1.89 bits per heavy atom. The lowest BCUT2D eigenvalue weighted by atomic mass is 10.2. The smallest absolute Gasteiger partial charge is 0.324 e. The zero-order valence-electron chi connectivity index (χ0n) is 14.0. The fourth-order valence-electron chi connectivity index (χ4n) is 3.22. The monoisotopic (exact) mass is 378 g/mol. The largest absolute Gasteiger partial charge is 0.334 e. The van der Waals surface area contributed by atoms with Crippen molar-refractivity contribution >= 4 is 35.1 Å². The Hall–Kier alpha value is -3.37. The molecule has 142 valence electrons. The standard InChI is InChI=1S/C16H15FN4O6/c17-11-6-5-9(7-12(11)21(26)27)18-13(22)8-19-14(23)15(24)20(16(19)25)10-3-1-2-4-10/h5-7,10H,1-4,8H2,(H,18,22).